The van der Waals surface area contributed by atoms with Gasteiger partial charge in [-0.15, -0.1) is 0 Å². The largest absolute Gasteiger partial charge is 0.330 e. The molecule has 2 N–H and O–H groups in total. The highest BCUT2D eigenvalue weighted by Gasteiger charge is 2.34. The molecule has 1 nitrogen and oxygen atoms in total. The summed E-state index contributed by atoms with van der Waals surface area (Å²) in [5.41, 5.74) is 5.33. The summed E-state index contributed by atoms with van der Waals surface area (Å²) < 4.78 is 11.6. The van der Waals surface area contributed by atoms with Crippen LogP contribution in [0.15, 0.2) is 0 Å². The van der Waals surface area contributed by atoms with Crippen molar-refractivity contribution in [3.8, 4) is 0 Å². The maximum absolute atomic E-state index is 11.6. The predicted molar refractivity (Wildman–Crippen MR) is 31.2 cm³/mol. The Morgan fingerprint density at radius 2 is 2.25 bits per heavy atom. The molecule has 0 radical (unpaired) electrons. The summed E-state index contributed by atoms with van der Waals surface area (Å²) in [4.78, 5) is 0. The summed E-state index contributed by atoms with van der Waals surface area (Å²) >= 11 is 0. The zero-order chi connectivity index (χ0) is 5.98. The number of halogens is 1. The first-order valence-electron chi connectivity index (χ1n) is 3.14. The Morgan fingerprint density at radius 1 is 1.50 bits per heavy atom. The first kappa shape index (κ1) is 6.02. The third kappa shape index (κ3) is 1.19. The Balaban J connectivity index is 1.99. The van der Waals surface area contributed by atoms with Gasteiger partial charge in [-0.1, -0.05) is 0 Å². The average molecular weight is 117 g/mol. The molecule has 0 aromatic heterocycles. The van der Waals surface area contributed by atoms with Crippen LogP contribution in [-0.2, 0) is 0 Å². The molecule has 0 aliphatic heterocycles. The highest BCUT2D eigenvalue weighted by Crippen LogP contribution is 2.39. The quantitative estimate of drug-likeness (QED) is 0.585. The molecule has 8 heavy (non-hydrogen) atoms. The van der Waals surface area contributed by atoms with Gasteiger partial charge in [0.05, 0.1) is 6.67 Å². The van der Waals surface area contributed by atoms with E-state index in [4.69, 9.17) is 5.73 Å². The van der Waals surface area contributed by atoms with Crippen LogP contribution in [0.5, 0.6) is 0 Å². The highest BCUT2D eigenvalue weighted by atomic mass is 19.1. The Morgan fingerprint density at radius 3 is 2.62 bits per heavy atom. The second-order valence-electron chi connectivity index (χ2n) is 2.47. The minimum Gasteiger partial charge on any atom is -0.330 e. The molecular formula is C6H12FN. The number of hydrogen-bond acceptors (Lipinski definition) is 1. The maximum atomic E-state index is 11.6. The molecule has 2 heteroatoms. The van der Waals surface area contributed by atoms with Gasteiger partial charge in [-0.25, -0.2) is 0 Å². The van der Waals surface area contributed by atoms with Crippen molar-refractivity contribution >= 4 is 0 Å². The lowest BCUT2D eigenvalue weighted by molar-refractivity contribution is 0.444. The molecule has 2 atom stereocenters. The first-order chi connectivity index (χ1) is 3.88. The Kier molecular flexibility index (Phi) is 1.84. The van der Waals surface area contributed by atoms with Gasteiger partial charge in [0.1, 0.15) is 0 Å². The number of nitrogens with two attached hydrogens (primary N) is 1. The molecule has 1 aliphatic rings. The van der Waals surface area contributed by atoms with Crippen molar-refractivity contribution < 1.29 is 4.39 Å². The van der Waals surface area contributed by atoms with E-state index in [1.807, 2.05) is 0 Å². The Bertz CT molecular complexity index is 74.9. The fourth-order valence-corrected chi connectivity index (χ4v) is 1.09. The van der Waals surface area contributed by atoms with Crippen molar-refractivity contribution in [1.29, 1.82) is 0 Å². The molecule has 0 aromatic carbocycles. The van der Waals surface area contributed by atoms with Gasteiger partial charge in [-0.05, 0) is 31.2 Å². The molecule has 0 aromatic rings. The number of rotatable bonds is 3. The molecule has 0 heterocycles. The van der Waals surface area contributed by atoms with Crippen LogP contribution in [0.1, 0.15) is 12.8 Å². The molecular weight excluding hydrogens is 105 g/mol. The minimum atomic E-state index is -0.166. The molecule has 1 saturated carbocycles. The minimum absolute atomic E-state index is 0.166. The van der Waals surface area contributed by atoms with E-state index in [9.17, 15) is 4.39 Å². The third-order valence-corrected chi connectivity index (χ3v) is 1.85. The molecule has 1 fully saturated rings. The van der Waals surface area contributed by atoms with Crippen LogP contribution in [0, 0.1) is 11.8 Å². The van der Waals surface area contributed by atoms with Gasteiger partial charge >= 0.3 is 0 Å². The number of alkyl halides is 1. The highest BCUT2D eigenvalue weighted by molar-refractivity contribution is 4.86. The first-order valence-corrected chi connectivity index (χ1v) is 3.14. The summed E-state index contributed by atoms with van der Waals surface area (Å²) in [6, 6.07) is 0. The van der Waals surface area contributed by atoms with Crippen molar-refractivity contribution in [1.82, 2.24) is 0 Å². The van der Waals surface area contributed by atoms with Crippen LogP contribution in [0.4, 0.5) is 4.39 Å². The van der Waals surface area contributed by atoms with E-state index in [2.05, 4.69) is 0 Å². The molecule has 1 aliphatic carbocycles. The van der Waals surface area contributed by atoms with Gasteiger partial charge in [0.25, 0.3) is 0 Å². The normalized spacial score (nSPS) is 35.2. The predicted octanol–water partition coefficient (Wildman–Crippen LogP) is 0.941. The van der Waals surface area contributed by atoms with E-state index in [-0.39, 0.29) is 6.67 Å². The molecule has 0 saturated heterocycles. The maximum Gasteiger partial charge on any atom is 0.0897 e. The van der Waals surface area contributed by atoms with Crippen LogP contribution in [0.2, 0.25) is 0 Å². The second kappa shape index (κ2) is 2.44. The van der Waals surface area contributed by atoms with Crippen LogP contribution in [-0.4, -0.2) is 13.2 Å². The smallest absolute Gasteiger partial charge is 0.0897 e. The Labute approximate surface area is 49.1 Å². The van der Waals surface area contributed by atoms with E-state index < -0.39 is 0 Å². The van der Waals surface area contributed by atoms with Crippen LogP contribution >= 0.6 is 0 Å². The molecule has 48 valence electrons. The lowest BCUT2D eigenvalue weighted by Crippen LogP contribution is -2.02. The summed E-state index contributed by atoms with van der Waals surface area (Å²) in [5, 5.41) is 0. The van der Waals surface area contributed by atoms with Crippen LogP contribution < -0.4 is 5.73 Å². The standard InChI is InChI=1S/C6H12FN/c7-2-1-5-3-6(5)4-8/h5-6H,1-4,8H2/t5-,6+/m1/s1. The lowest BCUT2D eigenvalue weighted by atomic mass is 10.2. The van der Waals surface area contributed by atoms with Gasteiger partial charge in [-0.2, -0.15) is 0 Å². The topological polar surface area (TPSA) is 26.0 Å². The van der Waals surface area contributed by atoms with Crippen LogP contribution in [0.25, 0.3) is 0 Å². The van der Waals surface area contributed by atoms with E-state index in [0.717, 1.165) is 13.0 Å². The van der Waals surface area contributed by atoms with Gasteiger partial charge in [0.2, 0.25) is 0 Å². The molecule has 1 rings (SSSR count). The Hall–Kier alpha value is -0.110. The van der Waals surface area contributed by atoms with Gasteiger partial charge in [-0.3, -0.25) is 4.39 Å². The van der Waals surface area contributed by atoms with Crippen molar-refractivity contribution in [2.24, 2.45) is 17.6 Å². The van der Waals surface area contributed by atoms with Crippen molar-refractivity contribution in [2.45, 2.75) is 12.8 Å². The van der Waals surface area contributed by atoms with Crippen molar-refractivity contribution in [2.75, 3.05) is 13.2 Å². The summed E-state index contributed by atoms with van der Waals surface area (Å²) in [6.45, 7) is 0.589. The summed E-state index contributed by atoms with van der Waals surface area (Å²) in [6.07, 6.45) is 1.91. The van der Waals surface area contributed by atoms with E-state index >= 15 is 0 Å². The van der Waals surface area contributed by atoms with Gasteiger partial charge in [0.15, 0.2) is 0 Å². The van der Waals surface area contributed by atoms with Crippen LogP contribution in [0.3, 0.4) is 0 Å². The van der Waals surface area contributed by atoms with E-state index in [1.54, 1.807) is 0 Å². The van der Waals surface area contributed by atoms with Gasteiger partial charge < -0.3 is 5.73 Å². The molecule has 0 bridgehead atoms. The number of hydrogen-bond donors (Lipinski definition) is 1. The lowest BCUT2D eigenvalue weighted by Gasteiger charge is -1.88. The summed E-state index contributed by atoms with van der Waals surface area (Å²) in [7, 11) is 0. The van der Waals surface area contributed by atoms with Crippen molar-refractivity contribution in [3.63, 3.8) is 0 Å². The monoisotopic (exact) mass is 117 g/mol. The van der Waals surface area contributed by atoms with E-state index in [1.165, 1.54) is 6.42 Å². The van der Waals surface area contributed by atoms with E-state index in [0.29, 0.717) is 11.8 Å². The zero-order valence-electron chi connectivity index (χ0n) is 4.94. The van der Waals surface area contributed by atoms with Crippen molar-refractivity contribution in [3.05, 3.63) is 0 Å². The fraction of sp³-hybridized carbons (Fsp3) is 1.00. The SMILES string of the molecule is NC[C@@H]1C[C@H]1CCF. The van der Waals surface area contributed by atoms with Gasteiger partial charge in [0, 0.05) is 0 Å². The molecule has 0 amide bonds. The third-order valence-electron chi connectivity index (χ3n) is 1.85. The second-order valence-corrected chi connectivity index (χ2v) is 2.47. The molecule has 0 spiro atoms. The molecule has 0 unspecified atom stereocenters. The zero-order valence-corrected chi connectivity index (χ0v) is 4.94. The summed E-state index contributed by atoms with van der Waals surface area (Å²) in [5.74, 6) is 1.29. The fourth-order valence-electron chi connectivity index (χ4n) is 1.09. The average Bonchev–Trinajstić information content (AvgIpc) is 2.48.